The Kier molecular flexibility index (Phi) is 18.1. The maximum Gasteiger partial charge on any atom is 0.338 e. The van der Waals surface area contributed by atoms with Gasteiger partial charge in [0.05, 0.1) is 44.5 Å². The number of ether oxygens (including phenoxy) is 1. The maximum absolute atomic E-state index is 13.2. The van der Waals surface area contributed by atoms with Gasteiger partial charge in [-0.2, -0.15) is 55.6 Å². The van der Waals surface area contributed by atoms with E-state index in [9.17, 15) is 113 Å². The number of nitro groups is 1. The highest BCUT2D eigenvalue weighted by Crippen LogP contribution is 2.51. The van der Waals surface area contributed by atoms with Gasteiger partial charge in [0.25, 0.3) is 66.4 Å². The first-order valence-corrected chi connectivity index (χ1v) is 32.0. The highest BCUT2D eigenvalue weighted by atomic mass is 32.2. The molecule has 0 fully saturated rings. The number of nitro benzene ring substituents is 1. The second-order valence-corrected chi connectivity index (χ2v) is 26.3. The van der Waals surface area contributed by atoms with E-state index in [-0.39, 0.29) is 29.7 Å². The second-order valence-electron chi connectivity index (χ2n) is 17.1. The number of carbonyl (C=O) groups is 1. The summed E-state index contributed by atoms with van der Waals surface area (Å²) in [5.41, 5.74) is -1.68. The average molecular weight is 1330 g/mol. The van der Waals surface area contributed by atoms with Crippen LogP contribution in [0, 0.1) is 17.0 Å². The first-order chi connectivity index (χ1) is 39.7. The lowest BCUT2D eigenvalue weighted by Gasteiger charge is -2.14. The molecule has 7 aromatic carbocycles. The van der Waals surface area contributed by atoms with Gasteiger partial charge in [-0.15, -0.1) is 35.8 Å². The lowest BCUT2D eigenvalue weighted by atomic mass is 10.0. The summed E-state index contributed by atoms with van der Waals surface area (Å²) in [4.78, 5) is 15.7. The molecule has 0 unspecified atom stereocenters. The van der Waals surface area contributed by atoms with Crippen molar-refractivity contribution in [3.8, 4) is 17.2 Å². The zero-order chi connectivity index (χ0) is 64.0. The maximum atomic E-state index is 13.2. The number of hydrogen-bond acceptors (Lipinski definition) is 29. The number of benzene rings is 7. The predicted molar refractivity (Wildman–Crippen MR) is 294 cm³/mol. The summed E-state index contributed by atoms with van der Waals surface area (Å²) in [6.07, 6.45) is -0.378. The van der Waals surface area contributed by atoms with Crippen molar-refractivity contribution in [1.82, 2.24) is 0 Å². The number of aromatic carboxylic acids is 1. The third kappa shape index (κ3) is 14.3. The van der Waals surface area contributed by atoms with E-state index in [1.807, 2.05) is 0 Å². The van der Waals surface area contributed by atoms with E-state index in [1.165, 1.54) is 6.92 Å². The second kappa shape index (κ2) is 24.0. The van der Waals surface area contributed by atoms with Crippen LogP contribution >= 0.6 is 12.0 Å². The topological polar surface area (TPSA) is 601 Å². The number of aromatic hydroxyl groups is 2. The Hall–Kier alpha value is -8.70. The number of aryl methyl sites for hydroxylation is 1. The van der Waals surface area contributed by atoms with Crippen molar-refractivity contribution < 1.29 is 112 Å². The molecule has 0 atom stereocenters. The Morgan fingerprint density at radius 1 is 0.581 bits per heavy atom. The number of carboxylic acid groups (broad SMARTS) is 1. The SMILES string of the molecule is Cc1cc(N=Nc2c(S(=O)(=O)O)cc3c(S(=O)(=O)O)c(N=Nc4cc(SO)c5cc(S(=O)(=O)O)c(N=Nc6ccc([N+](=O)[O-])cc6S(=O)(=O)O)c(O)c5c4N)ccc3c2O)c(OCCCS(=O)(=O)O)cc1N=Nc1ccc(S(=O)(=O)O)cc1C(=O)O. The molecular formula is C43H34N10O26S7. The van der Waals surface area contributed by atoms with Crippen LogP contribution in [0.3, 0.4) is 0 Å². The van der Waals surface area contributed by atoms with Gasteiger partial charge in [0.2, 0.25) is 0 Å². The lowest BCUT2D eigenvalue weighted by molar-refractivity contribution is -0.385. The van der Waals surface area contributed by atoms with Crippen LogP contribution in [0.1, 0.15) is 22.3 Å². The fraction of sp³-hybridized carbons (Fsp3) is 0.0930. The zero-order valence-corrected chi connectivity index (χ0v) is 47.8. The third-order valence-corrected chi connectivity index (χ3v) is 17.2. The number of non-ortho nitro benzene ring substituents is 1. The monoisotopic (exact) mass is 1330 g/mol. The van der Waals surface area contributed by atoms with Crippen molar-refractivity contribution >= 4 is 157 Å². The predicted octanol–water partition coefficient (Wildman–Crippen LogP) is 9.02. The molecule has 0 saturated carbocycles. The fourth-order valence-corrected chi connectivity index (χ4v) is 11.8. The van der Waals surface area contributed by atoms with E-state index in [1.54, 1.807) is 0 Å². The molecule has 0 spiro atoms. The molecule has 0 saturated heterocycles. The molecule has 0 aliphatic rings. The van der Waals surface area contributed by atoms with Crippen LogP contribution in [0.25, 0.3) is 21.5 Å². The number of carboxylic acids is 1. The summed E-state index contributed by atoms with van der Waals surface area (Å²) >= 11 is -0.165. The Morgan fingerprint density at radius 3 is 1.67 bits per heavy atom. The van der Waals surface area contributed by atoms with Gasteiger partial charge in [-0.05, 0) is 79.6 Å². The molecule has 7 rings (SSSR count). The number of phenols is 2. The number of azo groups is 4. The average Bonchev–Trinajstić information content (AvgIpc) is 0.834. The Balaban J connectivity index is 1.36. The van der Waals surface area contributed by atoms with Gasteiger partial charge in [-0.1, -0.05) is 0 Å². The van der Waals surface area contributed by atoms with Crippen molar-refractivity contribution in [3.05, 3.63) is 100 Å². The van der Waals surface area contributed by atoms with E-state index in [0.717, 1.165) is 42.5 Å². The molecule has 43 heteroatoms. The van der Waals surface area contributed by atoms with E-state index in [0.29, 0.717) is 36.4 Å². The highest BCUT2D eigenvalue weighted by Gasteiger charge is 2.30. The fourth-order valence-electron chi connectivity index (χ4n) is 7.64. The van der Waals surface area contributed by atoms with E-state index < -0.39 is 209 Å². The molecule has 454 valence electrons. The Labute approximate surface area is 485 Å². The minimum Gasteiger partial charge on any atom is -0.505 e. The smallest absolute Gasteiger partial charge is 0.338 e. The highest BCUT2D eigenvalue weighted by molar-refractivity contribution is 7.94. The van der Waals surface area contributed by atoms with Crippen molar-refractivity contribution in [2.45, 2.75) is 42.7 Å². The molecule has 86 heavy (non-hydrogen) atoms. The number of rotatable bonds is 21. The summed E-state index contributed by atoms with van der Waals surface area (Å²) in [5.74, 6) is -5.49. The third-order valence-electron chi connectivity index (χ3n) is 11.5. The van der Waals surface area contributed by atoms with Crippen LogP contribution < -0.4 is 10.5 Å². The number of anilines is 1. The summed E-state index contributed by atoms with van der Waals surface area (Å²) in [6.45, 7) is 0.841. The summed E-state index contributed by atoms with van der Waals surface area (Å²) in [7, 11) is -31.5. The van der Waals surface area contributed by atoms with E-state index >= 15 is 0 Å². The van der Waals surface area contributed by atoms with Crippen molar-refractivity contribution in [2.24, 2.45) is 40.9 Å². The first kappa shape index (κ1) is 64.9. The summed E-state index contributed by atoms with van der Waals surface area (Å²) in [5, 5.41) is 71.4. The molecule has 0 bridgehead atoms. The van der Waals surface area contributed by atoms with Crippen LogP contribution in [-0.4, -0.2) is 121 Å². The molecule has 7 aromatic rings. The van der Waals surface area contributed by atoms with Gasteiger partial charge in [0, 0.05) is 51.3 Å². The molecular weight excluding hydrogens is 1300 g/mol. The van der Waals surface area contributed by atoms with Gasteiger partial charge in [0.1, 0.15) is 65.1 Å². The van der Waals surface area contributed by atoms with Gasteiger partial charge < -0.3 is 30.3 Å². The van der Waals surface area contributed by atoms with Gasteiger partial charge >= 0.3 is 5.97 Å². The molecule has 0 amide bonds. The standard InChI is InChI=1S/C43H34N10O26S7/c1-18-11-29(31(79-9-2-10-81(61,62)63)16-28(18)48-45-25-7-4-20(82(64,65)66)13-23(25)43(56)57)49-51-38-34(84(70,71)72)14-22-21(40(38)54)5-8-27(42(22)86(76,77)78)47-50-30-17-32(80-60)24-15-35(85(73,74)75)39(41(55)36(24)37(30)44)52-46-26-6-3-19(53(58)59)12-33(26)83(67,68)69/h3-8,11-17,54-55,60H,2,9-10,44H2,1H3,(H,56,57)(H,61,62,63)(H,64,65,66)(H,67,68,69)(H,70,71,72)(H,73,74,75)(H,76,77,78). The molecule has 0 aliphatic carbocycles. The number of nitrogens with two attached hydrogens (primary N) is 1. The summed E-state index contributed by atoms with van der Waals surface area (Å²) in [6, 6.07) is 9.63. The molecule has 36 nitrogen and oxygen atoms in total. The zero-order valence-electron chi connectivity index (χ0n) is 42.1. The molecule has 0 aromatic heterocycles. The largest absolute Gasteiger partial charge is 0.505 e. The number of phenolic OH excluding ortho intramolecular Hbond substituents is 2. The van der Waals surface area contributed by atoms with Crippen LogP contribution in [0.2, 0.25) is 0 Å². The molecule has 0 heterocycles. The van der Waals surface area contributed by atoms with E-state index in [2.05, 4.69) is 40.9 Å². The number of nitrogens with zero attached hydrogens (tertiary/aromatic N) is 9. The summed E-state index contributed by atoms with van der Waals surface area (Å²) < 4.78 is 223. The van der Waals surface area contributed by atoms with Crippen LogP contribution in [0.15, 0.2) is 149 Å². The van der Waals surface area contributed by atoms with Crippen molar-refractivity contribution in [3.63, 3.8) is 0 Å². The van der Waals surface area contributed by atoms with Gasteiger partial charge in [-0.3, -0.25) is 37.4 Å². The number of nitrogen functional groups attached to an aromatic ring is 1. The molecule has 0 aliphatic heterocycles. The Bertz CT molecular complexity index is 4930. The number of hydrogen-bond donors (Lipinski definition) is 11. The van der Waals surface area contributed by atoms with Crippen LogP contribution in [0.5, 0.6) is 17.2 Å². The molecule has 12 N–H and O–H groups in total. The van der Waals surface area contributed by atoms with Crippen molar-refractivity contribution in [2.75, 3.05) is 18.1 Å². The van der Waals surface area contributed by atoms with E-state index in [4.69, 9.17) is 10.5 Å². The number of fused-ring (bicyclic) bond motifs is 2. The lowest BCUT2D eigenvalue weighted by Crippen LogP contribution is -2.08. The van der Waals surface area contributed by atoms with Crippen LogP contribution in [0.4, 0.5) is 56.9 Å². The van der Waals surface area contributed by atoms with Crippen LogP contribution in [-0.2, 0) is 60.7 Å². The van der Waals surface area contributed by atoms with Gasteiger partial charge in [-0.25, -0.2) is 4.79 Å². The van der Waals surface area contributed by atoms with Crippen molar-refractivity contribution in [1.29, 1.82) is 0 Å². The normalized spacial score (nSPS) is 13.1. The minimum absolute atomic E-state index is 0.0868. The molecule has 0 radical (unpaired) electrons. The minimum atomic E-state index is -5.67. The quantitative estimate of drug-likeness (QED) is 0.00607. The van der Waals surface area contributed by atoms with Gasteiger partial charge in [0.15, 0.2) is 11.5 Å². The first-order valence-electron chi connectivity index (χ1n) is 22.4. The Morgan fingerprint density at radius 2 is 1.12 bits per heavy atom.